The molecule has 0 fully saturated rings. The summed E-state index contributed by atoms with van der Waals surface area (Å²) < 4.78 is 22.0. The molecule has 2 aliphatic heterocycles. The second-order valence-corrected chi connectivity index (χ2v) is 19.5. The van der Waals surface area contributed by atoms with Crippen LogP contribution in [0.25, 0.3) is 0 Å². The van der Waals surface area contributed by atoms with Gasteiger partial charge in [0.25, 0.3) is 0 Å². The zero-order chi connectivity index (χ0) is 28.4. The van der Waals surface area contributed by atoms with Gasteiger partial charge in [0.1, 0.15) is 8.07 Å². The number of ether oxygens (including phenoxy) is 1. The highest BCUT2D eigenvalue weighted by Gasteiger charge is 2.54. The van der Waals surface area contributed by atoms with E-state index in [0.717, 1.165) is 44.5 Å². The van der Waals surface area contributed by atoms with E-state index in [-0.39, 0.29) is 0 Å². The Bertz CT molecular complexity index is 1780. The topological polar surface area (TPSA) is 29.5 Å². The van der Waals surface area contributed by atoms with Crippen molar-refractivity contribution in [3.05, 3.63) is 121 Å². The van der Waals surface area contributed by atoms with Crippen molar-refractivity contribution in [2.45, 2.75) is 38.8 Å². The lowest BCUT2D eigenvalue weighted by Gasteiger charge is -2.48. The third-order valence-electron chi connectivity index (χ3n) is 9.09. The van der Waals surface area contributed by atoms with Gasteiger partial charge in [-0.05, 0) is 63.9 Å². The Morgan fingerprint density at radius 3 is 1.78 bits per heavy atom. The third kappa shape index (κ3) is 3.60. The first kappa shape index (κ1) is 26.1. The van der Waals surface area contributed by atoms with Crippen molar-refractivity contribution in [1.29, 1.82) is 0 Å². The SMILES string of the molecule is CC(C)[Si]1(C(C)C)c2ccccc2P(=O)(c2ccccc2)c2ccc(N3c4ccccc4Oc4ccccc43)cc21. The van der Waals surface area contributed by atoms with Crippen LogP contribution in [0.3, 0.4) is 0 Å². The van der Waals surface area contributed by atoms with Crippen LogP contribution in [-0.4, -0.2) is 8.07 Å². The molecule has 2 heterocycles. The van der Waals surface area contributed by atoms with Crippen molar-refractivity contribution in [1.82, 2.24) is 0 Å². The van der Waals surface area contributed by atoms with Crippen molar-refractivity contribution < 1.29 is 9.30 Å². The first-order chi connectivity index (χ1) is 19.9. The van der Waals surface area contributed by atoms with Crippen molar-refractivity contribution in [2.75, 3.05) is 4.90 Å². The van der Waals surface area contributed by atoms with Crippen molar-refractivity contribution in [2.24, 2.45) is 0 Å². The van der Waals surface area contributed by atoms with Crippen LogP contribution in [-0.2, 0) is 4.57 Å². The predicted octanol–water partition coefficient (Wildman–Crippen LogP) is 7.60. The molecule has 0 aliphatic carbocycles. The van der Waals surface area contributed by atoms with E-state index < -0.39 is 15.2 Å². The Kier molecular flexibility index (Phi) is 6.11. The van der Waals surface area contributed by atoms with Crippen LogP contribution in [0.2, 0.25) is 11.1 Å². The second kappa shape index (κ2) is 9.62. The molecule has 2 aliphatic rings. The number of benzene rings is 5. The molecule has 0 bridgehead atoms. The van der Waals surface area contributed by atoms with Gasteiger partial charge in [-0.15, -0.1) is 0 Å². The number of rotatable bonds is 4. The van der Waals surface area contributed by atoms with Gasteiger partial charge in [0.05, 0.1) is 11.4 Å². The van der Waals surface area contributed by atoms with E-state index in [2.05, 4.69) is 99.3 Å². The predicted molar refractivity (Wildman–Crippen MR) is 176 cm³/mol. The molecule has 5 heteroatoms. The summed E-state index contributed by atoms with van der Waals surface area (Å²) >= 11 is 0. The molecule has 1 atom stereocenters. The van der Waals surface area contributed by atoms with Crippen LogP contribution >= 0.6 is 7.14 Å². The largest absolute Gasteiger partial charge is 0.453 e. The first-order valence-electron chi connectivity index (χ1n) is 14.4. The molecule has 41 heavy (non-hydrogen) atoms. The fourth-order valence-electron chi connectivity index (χ4n) is 7.45. The highest BCUT2D eigenvalue weighted by atomic mass is 31.2. The number of para-hydroxylation sites is 4. The second-order valence-electron chi connectivity index (χ2n) is 11.7. The Labute approximate surface area is 243 Å². The maximum absolute atomic E-state index is 15.7. The molecule has 0 amide bonds. The van der Waals surface area contributed by atoms with Crippen LogP contribution in [0, 0.1) is 0 Å². The summed E-state index contributed by atoms with van der Waals surface area (Å²) in [7, 11) is -5.51. The summed E-state index contributed by atoms with van der Waals surface area (Å²) in [6.07, 6.45) is 0. The van der Waals surface area contributed by atoms with Gasteiger partial charge in [-0.2, -0.15) is 0 Å². The summed E-state index contributed by atoms with van der Waals surface area (Å²) in [5.41, 5.74) is 3.91. The Morgan fingerprint density at radius 2 is 1.15 bits per heavy atom. The average molecular weight is 572 g/mol. The summed E-state index contributed by atoms with van der Waals surface area (Å²) in [6, 6.07) is 41.9. The van der Waals surface area contributed by atoms with E-state index in [1.807, 2.05) is 54.6 Å². The monoisotopic (exact) mass is 571 g/mol. The van der Waals surface area contributed by atoms with E-state index in [1.165, 1.54) is 10.4 Å². The van der Waals surface area contributed by atoms with Crippen LogP contribution in [0.4, 0.5) is 17.1 Å². The highest BCUT2D eigenvalue weighted by molar-refractivity contribution is 7.87. The lowest BCUT2D eigenvalue weighted by molar-refractivity contribution is 0.477. The Balaban J connectivity index is 1.57. The molecule has 7 rings (SSSR count). The van der Waals surface area contributed by atoms with Crippen molar-refractivity contribution >= 4 is 58.6 Å². The average Bonchev–Trinajstić information content (AvgIpc) is 3.00. The van der Waals surface area contributed by atoms with Crippen LogP contribution < -0.4 is 35.9 Å². The Morgan fingerprint density at radius 1 is 0.610 bits per heavy atom. The summed E-state index contributed by atoms with van der Waals surface area (Å²) in [5, 5.41) is 5.56. The molecule has 5 aromatic rings. The molecule has 3 nitrogen and oxygen atoms in total. The highest BCUT2D eigenvalue weighted by Crippen LogP contribution is 2.52. The molecule has 5 aromatic carbocycles. The van der Waals surface area contributed by atoms with Gasteiger partial charge in [0.2, 0.25) is 0 Å². The van der Waals surface area contributed by atoms with Crippen molar-refractivity contribution in [3.8, 4) is 11.5 Å². The standard InChI is InChI=1S/C36H34NO2PSi/c1-25(2)41(26(3)4)35-21-13-12-20-33(35)40(38,28-14-6-5-7-15-28)34-23-22-27(24-36(34)41)37-29-16-8-10-18-31(29)39-32-19-11-9-17-30(32)37/h5-26H,1-4H3. The molecule has 0 aromatic heterocycles. The number of fused-ring (bicyclic) bond motifs is 4. The summed E-state index contributed by atoms with van der Waals surface area (Å²) in [5.74, 6) is 1.67. The van der Waals surface area contributed by atoms with Gasteiger partial charge in [-0.25, -0.2) is 0 Å². The molecule has 1 unspecified atom stereocenters. The molecule has 0 N–H and O–H groups in total. The van der Waals surface area contributed by atoms with E-state index >= 15 is 4.57 Å². The Hall–Kier alpha value is -3.85. The fourth-order valence-corrected chi connectivity index (χ4v) is 18.2. The van der Waals surface area contributed by atoms with E-state index in [0.29, 0.717) is 11.1 Å². The lowest BCUT2D eigenvalue weighted by atomic mass is 10.1. The fraction of sp³-hybridized carbons (Fsp3) is 0.167. The van der Waals surface area contributed by atoms with Crippen LogP contribution in [0.1, 0.15) is 27.7 Å². The van der Waals surface area contributed by atoms with Gasteiger partial charge in [-0.3, -0.25) is 0 Å². The third-order valence-corrected chi connectivity index (χ3v) is 18.9. The number of hydrogen-bond donors (Lipinski definition) is 0. The maximum Gasteiger partial charge on any atom is 0.170 e. The van der Waals surface area contributed by atoms with Gasteiger partial charge in [0, 0.05) is 21.6 Å². The molecule has 0 saturated heterocycles. The molecule has 204 valence electrons. The first-order valence-corrected chi connectivity index (χ1v) is 18.3. The maximum atomic E-state index is 15.7. The smallest absolute Gasteiger partial charge is 0.170 e. The van der Waals surface area contributed by atoms with Crippen LogP contribution in [0.15, 0.2) is 121 Å². The minimum atomic E-state index is -3.11. The minimum absolute atomic E-state index is 0.409. The van der Waals surface area contributed by atoms with Crippen LogP contribution in [0.5, 0.6) is 11.5 Å². The normalized spacial score (nSPS) is 18.2. The van der Waals surface area contributed by atoms with Gasteiger partial charge in [-0.1, -0.05) is 107 Å². The zero-order valence-electron chi connectivity index (χ0n) is 23.9. The minimum Gasteiger partial charge on any atom is -0.453 e. The number of nitrogens with zero attached hydrogens (tertiary/aromatic N) is 1. The molecular formula is C36H34NO2PSi. The van der Waals surface area contributed by atoms with E-state index in [4.69, 9.17) is 4.74 Å². The molecule has 0 saturated carbocycles. The van der Waals surface area contributed by atoms with Gasteiger partial charge >= 0.3 is 0 Å². The summed E-state index contributed by atoms with van der Waals surface area (Å²) in [6.45, 7) is 9.49. The van der Waals surface area contributed by atoms with E-state index in [1.54, 1.807) is 0 Å². The lowest BCUT2D eigenvalue weighted by Crippen LogP contribution is -2.73. The number of anilines is 3. The van der Waals surface area contributed by atoms with Gasteiger partial charge < -0.3 is 14.2 Å². The number of hydrogen-bond acceptors (Lipinski definition) is 3. The van der Waals surface area contributed by atoms with E-state index in [9.17, 15) is 0 Å². The van der Waals surface area contributed by atoms with Crippen molar-refractivity contribution in [3.63, 3.8) is 0 Å². The summed E-state index contributed by atoms with van der Waals surface area (Å²) in [4.78, 5) is 2.31. The van der Waals surface area contributed by atoms with Gasteiger partial charge in [0.15, 0.2) is 18.6 Å². The molecular weight excluding hydrogens is 537 g/mol. The molecule has 0 radical (unpaired) electrons. The molecule has 0 spiro atoms. The zero-order valence-corrected chi connectivity index (χ0v) is 25.8. The quantitative estimate of drug-likeness (QED) is 0.161.